The number of halogens is 2. The highest BCUT2D eigenvalue weighted by Crippen LogP contribution is 2.20. The van der Waals surface area contributed by atoms with Crippen molar-refractivity contribution in [3.05, 3.63) is 46.6 Å². The molecule has 2 rings (SSSR count). The van der Waals surface area contributed by atoms with E-state index in [-0.39, 0.29) is 11.1 Å². The molecule has 0 fully saturated rings. The van der Waals surface area contributed by atoms with Crippen LogP contribution in [0.1, 0.15) is 11.1 Å². The molecule has 0 aliphatic carbocycles. The van der Waals surface area contributed by atoms with Gasteiger partial charge in [0.25, 0.3) is 0 Å². The van der Waals surface area contributed by atoms with E-state index in [0.29, 0.717) is 17.1 Å². The molecule has 0 amide bonds. The van der Waals surface area contributed by atoms with E-state index < -0.39 is 0 Å². The Kier molecular flexibility index (Phi) is 3.24. The Morgan fingerprint density at radius 1 is 1.24 bits per heavy atom. The summed E-state index contributed by atoms with van der Waals surface area (Å²) < 4.78 is 13.4. The zero-order valence-corrected chi connectivity index (χ0v) is 10.2. The summed E-state index contributed by atoms with van der Waals surface area (Å²) in [5.41, 5.74) is 2.08. The van der Waals surface area contributed by atoms with Crippen molar-refractivity contribution in [1.82, 2.24) is 9.97 Å². The molecule has 0 bridgehead atoms. The van der Waals surface area contributed by atoms with E-state index in [1.165, 1.54) is 6.07 Å². The first-order chi connectivity index (χ1) is 8.06. The fourth-order valence-electron chi connectivity index (χ4n) is 1.35. The van der Waals surface area contributed by atoms with Crippen molar-refractivity contribution >= 4 is 23.1 Å². The van der Waals surface area contributed by atoms with Crippen molar-refractivity contribution in [2.24, 2.45) is 0 Å². The molecular weight excluding hydrogens is 241 g/mol. The Morgan fingerprint density at radius 3 is 2.71 bits per heavy atom. The van der Waals surface area contributed by atoms with Crippen LogP contribution in [-0.2, 0) is 0 Å². The molecule has 0 spiro atoms. The molecule has 1 aromatic carbocycles. The first kappa shape index (κ1) is 11.8. The molecule has 17 heavy (non-hydrogen) atoms. The lowest BCUT2D eigenvalue weighted by atomic mass is 10.2. The number of anilines is 2. The molecule has 0 saturated carbocycles. The van der Waals surface area contributed by atoms with Crippen molar-refractivity contribution in [3.8, 4) is 0 Å². The lowest BCUT2D eigenvalue weighted by Gasteiger charge is -2.08. The van der Waals surface area contributed by atoms with Crippen molar-refractivity contribution in [1.29, 1.82) is 0 Å². The quantitative estimate of drug-likeness (QED) is 0.829. The van der Waals surface area contributed by atoms with Crippen molar-refractivity contribution in [3.63, 3.8) is 0 Å². The van der Waals surface area contributed by atoms with Gasteiger partial charge >= 0.3 is 0 Å². The summed E-state index contributed by atoms with van der Waals surface area (Å²) in [5, 5.41) is 3.16. The Morgan fingerprint density at radius 2 is 2.00 bits per heavy atom. The van der Waals surface area contributed by atoms with Gasteiger partial charge in [0.05, 0.1) is 0 Å². The first-order valence-electron chi connectivity index (χ1n) is 5.08. The number of rotatable bonds is 2. The number of benzene rings is 1. The van der Waals surface area contributed by atoms with Crippen LogP contribution in [0.3, 0.4) is 0 Å². The van der Waals surface area contributed by atoms with E-state index in [0.717, 1.165) is 5.56 Å². The van der Waals surface area contributed by atoms with Gasteiger partial charge in [0.1, 0.15) is 11.6 Å². The second kappa shape index (κ2) is 4.67. The fraction of sp³-hybridized carbons (Fsp3) is 0.167. The highest BCUT2D eigenvalue weighted by Gasteiger charge is 2.04. The number of hydrogen-bond acceptors (Lipinski definition) is 3. The van der Waals surface area contributed by atoms with Gasteiger partial charge in [-0.05, 0) is 43.1 Å². The van der Waals surface area contributed by atoms with E-state index in [4.69, 9.17) is 11.6 Å². The minimum absolute atomic E-state index is 0.158. The third kappa shape index (κ3) is 2.71. The van der Waals surface area contributed by atoms with Crippen LogP contribution in [0.25, 0.3) is 0 Å². The van der Waals surface area contributed by atoms with Crippen LogP contribution in [0.2, 0.25) is 5.28 Å². The topological polar surface area (TPSA) is 37.8 Å². The molecule has 1 aromatic heterocycles. The van der Waals surface area contributed by atoms with Crippen molar-refractivity contribution < 1.29 is 4.39 Å². The number of hydrogen-bond donors (Lipinski definition) is 1. The molecule has 0 saturated heterocycles. The van der Waals surface area contributed by atoms with Gasteiger partial charge in [0, 0.05) is 17.4 Å². The van der Waals surface area contributed by atoms with E-state index in [1.807, 2.05) is 6.92 Å². The highest BCUT2D eigenvalue weighted by molar-refractivity contribution is 6.28. The molecule has 0 radical (unpaired) electrons. The molecule has 0 atom stereocenters. The minimum Gasteiger partial charge on any atom is -0.340 e. The van der Waals surface area contributed by atoms with Crippen LogP contribution in [0, 0.1) is 19.7 Å². The van der Waals surface area contributed by atoms with E-state index >= 15 is 0 Å². The van der Waals surface area contributed by atoms with Crippen LogP contribution in [-0.4, -0.2) is 9.97 Å². The van der Waals surface area contributed by atoms with Gasteiger partial charge in [-0.15, -0.1) is 0 Å². The number of aromatic nitrogens is 2. The smallest absolute Gasteiger partial charge is 0.224 e. The van der Waals surface area contributed by atoms with Gasteiger partial charge in [0.2, 0.25) is 5.28 Å². The molecule has 1 heterocycles. The lowest BCUT2D eigenvalue weighted by molar-refractivity contribution is 0.619. The van der Waals surface area contributed by atoms with Crippen molar-refractivity contribution in [2.75, 3.05) is 5.32 Å². The van der Waals surface area contributed by atoms with Gasteiger partial charge in [0.15, 0.2) is 0 Å². The zero-order valence-electron chi connectivity index (χ0n) is 9.46. The Bertz CT molecular complexity index is 557. The highest BCUT2D eigenvalue weighted by atomic mass is 35.5. The molecule has 0 unspecified atom stereocenters. The zero-order chi connectivity index (χ0) is 12.4. The largest absolute Gasteiger partial charge is 0.340 e. The molecule has 88 valence electrons. The molecule has 3 nitrogen and oxygen atoms in total. The van der Waals surface area contributed by atoms with Gasteiger partial charge in [-0.2, -0.15) is 0 Å². The SMILES string of the molecule is Cc1ccc(Nc2nc(Cl)ncc2C)cc1F. The maximum absolute atomic E-state index is 13.4. The molecule has 1 N–H and O–H groups in total. The molecular formula is C12H11ClFN3. The van der Waals surface area contributed by atoms with Gasteiger partial charge < -0.3 is 5.32 Å². The third-order valence-corrected chi connectivity index (χ3v) is 2.56. The van der Waals surface area contributed by atoms with E-state index in [9.17, 15) is 4.39 Å². The van der Waals surface area contributed by atoms with Gasteiger partial charge in [-0.25, -0.2) is 14.4 Å². The van der Waals surface area contributed by atoms with Crippen LogP contribution < -0.4 is 5.32 Å². The Hall–Kier alpha value is -1.68. The average Bonchev–Trinajstić information content (AvgIpc) is 2.29. The molecule has 5 heteroatoms. The predicted octanol–water partition coefficient (Wildman–Crippen LogP) is 3.63. The lowest BCUT2D eigenvalue weighted by Crippen LogP contribution is -1.98. The van der Waals surface area contributed by atoms with Crippen molar-refractivity contribution in [2.45, 2.75) is 13.8 Å². The standard InChI is InChI=1S/C12H11ClFN3/c1-7-3-4-9(5-10(7)14)16-11-8(2)6-15-12(13)17-11/h3-6H,1-2H3,(H,15,16,17). The summed E-state index contributed by atoms with van der Waals surface area (Å²) >= 11 is 5.70. The normalized spacial score (nSPS) is 10.4. The van der Waals surface area contributed by atoms with E-state index in [1.54, 1.807) is 25.3 Å². The van der Waals surface area contributed by atoms with Crippen LogP contribution in [0.4, 0.5) is 15.9 Å². The fourth-order valence-corrected chi connectivity index (χ4v) is 1.49. The van der Waals surface area contributed by atoms with Gasteiger partial charge in [-0.1, -0.05) is 6.07 Å². The minimum atomic E-state index is -0.257. The maximum atomic E-state index is 13.4. The maximum Gasteiger partial charge on any atom is 0.224 e. The van der Waals surface area contributed by atoms with E-state index in [2.05, 4.69) is 15.3 Å². The molecule has 0 aliphatic rings. The van der Waals surface area contributed by atoms with Crippen LogP contribution in [0.15, 0.2) is 24.4 Å². The molecule has 2 aromatic rings. The number of aryl methyl sites for hydroxylation is 2. The third-order valence-electron chi connectivity index (χ3n) is 2.38. The predicted molar refractivity (Wildman–Crippen MR) is 66.2 cm³/mol. The number of nitrogens with zero attached hydrogens (tertiary/aromatic N) is 2. The monoisotopic (exact) mass is 251 g/mol. The summed E-state index contributed by atoms with van der Waals surface area (Å²) in [6.45, 7) is 3.56. The number of nitrogens with one attached hydrogen (secondary N) is 1. The average molecular weight is 252 g/mol. The van der Waals surface area contributed by atoms with Gasteiger partial charge in [-0.3, -0.25) is 0 Å². The second-order valence-electron chi connectivity index (χ2n) is 3.76. The summed E-state index contributed by atoms with van der Waals surface area (Å²) in [4.78, 5) is 7.89. The summed E-state index contributed by atoms with van der Waals surface area (Å²) in [5.74, 6) is 0.320. The Labute approximate surface area is 104 Å². The summed E-state index contributed by atoms with van der Waals surface area (Å²) in [6, 6.07) is 4.91. The second-order valence-corrected chi connectivity index (χ2v) is 4.10. The Balaban J connectivity index is 2.31. The molecule has 0 aliphatic heterocycles. The van der Waals surface area contributed by atoms with Crippen LogP contribution in [0.5, 0.6) is 0 Å². The summed E-state index contributed by atoms with van der Waals surface area (Å²) in [6.07, 6.45) is 1.61. The summed E-state index contributed by atoms with van der Waals surface area (Å²) in [7, 11) is 0. The first-order valence-corrected chi connectivity index (χ1v) is 5.46. The van der Waals surface area contributed by atoms with Crippen LogP contribution >= 0.6 is 11.6 Å².